The Morgan fingerprint density at radius 1 is 1.42 bits per heavy atom. The molecule has 136 valence electrons. The van der Waals surface area contributed by atoms with Crippen LogP contribution in [-0.2, 0) is 19.6 Å². The van der Waals surface area contributed by atoms with Crippen LogP contribution in [0.25, 0.3) is 0 Å². The molecule has 1 saturated heterocycles. The summed E-state index contributed by atoms with van der Waals surface area (Å²) >= 11 is 0. The number of phosphoric acid groups is 1. The second-order valence-corrected chi connectivity index (χ2v) is 7.65. The highest BCUT2D eigenvalue weighted by Crippen LogP contribution is 2.47. The maximum atomic E-state index is 12.2. The van der Waals surface area contributed by atoms with E-state index < -0.39 is 49.0 Å². The second kappa shape index (κ2) is 5.91. The standard InChI is InChI=1S/C13H21N2O8P/c1-7-5-15(11(18)14-10(7)17)13(4)8(2)9(16)12(3,23-13)6-22-24(19,20)21/h5,8-9,16H,6H2,1-4H3,(H,14,17,18)(H2,19,20,21). The average Bonchev–Trinajstić information content (AvgIpc) is 2.62. The molecule has 0 bridgehead atoms. The Morgan fingerprint density at radius 3 is 2.54 bits per heavy atom. The maximum Gasteiger partial charge on any atom is 0.469 e. The van der Waals surface area contributed by atoms with Crippen molar-refractivity contribution < 1.29 is 28.7 Å². The van der Waals surface area contributed by atoms with Crippen LogP contribution in [0, 0.1) is 12.8 Å². The zero-order valence-electron chi connectivity index (χ0n) is 13.7. The molecule has 2 rings (SSSR count). The number of ether oxygens (including phenoxy) is 1. The summed E-state index contributed by atoms with van der Waals surface area (Å²) in [4.78, 5) is 43.6. The summed E-state index contributed by atoms with van der Waals surface area (Å²) < 4.78 is 22.4. The van der Waals surface area contributed by atoms with Crippen molar-refractivity contribution in [1.82, 2.24) is 9.55 Å². The molecule has 1 aromatic rings. The van der Waals surface area contributed by atoms with E-state index in [4.69, 9.17) is 14.5 Å². The number of aromatic amines is 1. The van der Waals surface area contributed by atoms with E-state index in [0.717, 1.165) is 4.57 Å². The minimum Gasteiger partial charge on any atom is -0.390 e. The third-order valence-corrected chi connectivity index (χ3v) is 4.97. The number of phosphoric ester groups is 1. The Morgan fingerprint density at radius 2 is 2.00 bits per heavy atom. The first-order valence-electron chi connectivity index (χ1n) is 7.21. The number of nitrogens with one attached hydrogen (secondary N) is 1. The van der Waals surface area contributed by atoms with Gasteiger partial charge in [0.25, 0.3) is 5.56 Å². The van der Waals surface area contributed by atoms with E-state index in [1.54, 1.807) is 13.8 Å². The van der Waals surface area contributed by atoms with E-state index in [0.29, 0.717) is 0 Å². The molecule has 1 aliphatic heterocycles. The summed E-state index contributed by atoms with van der Waals surface area (Å²) in [6.07, 6.45) is 0.146. The van der Waals surface area contributed by atoms with Crippen molar-refractivity contribution in [2.45, 2.75) is 45.1 Å². The van der Waals surface area contributed by atoms with E-state index in [-0.39, 0.29) is 5.56 Å². The zero-order valence-corrected chi connectivity index (χ0v) is 14.6. The lowest BCUT2D eigenvalue weighted by atomic mass is 9.89. The number of hydrogen-bond acceptors (Lipinski definition) is 6. The van der Waals surface area contributed by atoms with Gasteiger partial charge in [-0.3, -0.25) is 18.9 Å². The van der Waals surface area contributed by atoms with E-state index in [1.165, 1.54) is 20.0 Å². The van der Waals surface area contributed by atoms with Crippen LogP contribution < -0.4 is 11.2 Å². The topological polar surface area (TPSA) is 151 Å². The molecule has 4 unspecified atom stereocenters. The quantitative estimate of drug-likeness (QED) is 0.518. The largest absolute Gasteiger partial charge is 0.469 e. The Bertz CT molecular complexity index is 798. The molecule has 0 saturated carbocycles. The zero-order chi connectivity index (χ0) is 18.5. The molecule has 0 aromatic carbocycles. The molecule has 10 nitrogen and oxygen atoms in total. The van der Waals surface area contributed by atoms with Gasteiger partial charge in [0.05, 0.1) is 12.7 Å². The molecule has 2 heterocycles. The molecule has 1 fully saturated rings. The Hall–Kier alpha value is -1.29. The fourth-order valence-electron chi connectivity index (χ4n) is 2.94. The van der Waals surface area contributed by atoms with Gasteiger partial charge in [-0.05, 0) is 20.8 Å². The summed E-state index contributed by atoms with van der Waals surface area (Å²) in [6, 6.07) is 0. The highest BCUT2D eigenvalue weighted by atomic mass is 31.2. The number of aromatic nitrogens is 2. The van der Waals surface area contributed by atoms with Crippen LogP contribution in [0.5, 0.6) is 0 Å². The van der Waals surface area contributed by atoms with E-state index in [9.17, 15) is 19.3 Å². The third kappa shape index (κ3) is 3.26. The van der Waals surface area contributed by atoms with Crippen molar-refractivity contribution in [3.05, 3.63) is 32.6 Å². The first-order chi connectivity index (χ1) is 10.8. The van der Waals surface area contributed by atoms with Gasteiger partial charge in [0.1, 0.15) is 5.60 Å². The minimum absolute atomic E-state index is 0.279. The van der Waals surface area contributed by atoms with Gasteiger partial charge in [0.15, 0.2) is 5.72 Å². The molecule has 11 heteroatoms. The lowest BCUT2D eigenvalue weighted by molar-refractivity contribution is -0.165. The highest BCUT2D eigenvalue weighted by Gasteiger charge is 2.58. The average molecular weight is 364 g/mol. The van der Waals surface area contributed by atoms with Crippen LogP contribution in [0.4, 0.5) is 0 Å². The van der Waals surface area contributed by atoms with Gasteiger partial charge < -0.3 is 19.6 Å². The number of aryl methyl sites for hydroxylation is 1. The van der Waals surface area contributed by atoms with Crippen molar-refractivity contribution in [1.29, 1.82) is 0 Å². The summed E-state index contributed by atoms with van der Waals surface area (Å²) in [6.45, 7) is 5.54. The summed E-state index contributed by atoms with van der Waals surface area (Å²) in [5, 5.41) is 10.5. The number of nitrogens with zero attached hydrogens (tertiary/aromatic N) is 1. The van der Waals surface area contributed by atoms with Gasteiger partial charge in [0, 0.05) is 17.7 Å². The number of rotatable bonds is 4. The number of H-pyrrole nitrogens is 1. The van der Waals surface area contributed by atoms with Crippen LogP contribution in [0.3, 0.4) is 0 Å². The van der Waals surface area contributed by atoms with Crippen molar-refractivity contribution in [3.63, 3.8) is 0 Å². The Kier molecular flexibility index (Phi) is 4.68. The molecular weight excluding hydrogens is 343 g/mol. The normalized spacial score (nSPS) is 33.8. The van der Waals surface area contributed by atoms with Gasteiger partial charge in [-0.25, -0.2) is 9.36 Å². The van der Waals surface area contributed by atoms with Gasteiger partial charge in [-0.15, -0.1) is 0 Å². The number of aliphatic hydroxyl groups is 1. The lowest BCUT2D eigenvalue weighted by Gasteiger charge is -2.32. The van der Waals surface area contributed by atoms with Crippen molar-refractivity contribution >= 4 is 7.82 Å². The van der Waals surface area contributed by atoms with Crippen LogP contribution in [0.1, 0.15) is 26.3 Å². The number of aliphatic hydroxyl groups excluding tert-OH is 1. The molecule has 0 radical (unpaired) electrons. The monoisotopic (exact) mass is 364 g/mol. The van der Waals surface area contributed by atoms with Crippen LogP contribution in [0.2, 0.25) is 0 Å². The van der Waals surface area contributed by atoms with E-state index in [1.807, 2.05) is 0 Å². The van der Waals surface area contributed by atoms with Crippen LogP contribution >= 0.6 is 7.82 Å². The van der Waals surface area contributed by atoms with Crippen molar-refractivity contribution in [2.24, 2.45) is 5.92 Å². The molecule has 1 aromatic heterocycles. The fraction of sp³-hybridized carbons (Fsp3) is 0.692. The SMILES string of the molecule is Cc1cn(C2(C)OC(C)(COP(=O)(O)O)C(O)C2C)c(=O)[nH]c1=O. The molecule has 4 N–H and O–H groups in total. The predicted molar refractivity (Wildman–Crippen MR) is 82.4 cm³/mol. The lowest BCUT2D eigenvalue weighted by Crippen LogP contribution is -2.46. The molecule has 0 aliphatic carbocycles. The predicted octanol–water partition coefficient (Wildman–Crippen LogP) is -0.587. The van der Waals surface area contributed by atoms with Crippen molar-refractivity contribution in [3.8, 4) is 0 Å². The highest BCUT2D eigenvalue weighted by molar-refractivity contribution is 7.46. The van der Waals surface area contributed by atoms with Gasteiger partial charge in [-0.1, -0.05) is 6.92 Å². The molecule has 24 heavy (non-hydrogen) atoms. The summed E-state index contributed by atoms with van der Waals surface area (Å²) in [7, 11) is -4.75. The van der Waals surface area contributed by atoms with Gasteiger partial charge in [0.2, 0.25) is 0 Å². The van der Waals surface area contributed by atoms with E-state index >= 15 is 0 Å². The number of hydrogen-bond donors (Lipinski definition) is 4. The second-order valence-electron chi connectivity index (χ2n) is 6.41. The van der Waals surface area contributed by atoms with Crippen LogP contribution in [-0.4, -0.2) is 42.8 Å². The third-order valence-electron chi connectivity index (χ3n) is 4.50. The van der Waals surface area contributed by atoms with Crippen LogP contribution in [0.15, 0.2) is 15.8 Å². The smallest absolute Gasteiger partial charge is 0.390 e. The van der Waals surface area contributed by atoms with E-state index in [2.05, 4.69) is 9.51 Å². The first kappa shape index (κ1) is 19.0. The van der Waals surface area contributed by atoms with Crippen molar-refractivity contribution in [2.75, 3.05) is 6.61 Å². The maximum absolute atomic E-state index is 12.2. The Labute approximate surface area is 137 Å². The molecule has 1 aliphatic rings. The fourth-order valence-corrected chi connectivity index (χ4v) is 3.36. The molecule has 4 atom stereocenters. The molecule has 0 amide bonds. The van der Waals surface area contributed by atoms with Gasteiger partial charge >= 0.3 is 13.5 Å². The first-order valence-corrected chi connectivity index (χ1v) is 8.74. The minimum atomic E-state index is -4.75. The Balaban J connectivity index is 2.45. The molecule has 0 spiro atoms. The molecular formula is C13H21N2O8P. The summed E-state index contributed by atoms with van der Waals surface area (Å²) in [5.74, 6) is -0.633. The van der Waals surface area contributed by atoms with Gasteiger partial charge in [-0.2, -0.15) is 0 Å². The summed E-state index contributed by atoms with van der Waals surface area (Å²) in [5.41, 5.74) is -3.77.